The number of benzene rings is 2. The molecule has 1 aliphatic heterocycles. The number of hydrogen-bond donors (Lipinski definition) is 2. The summed E-state index contributed by atoms with van der Waals surface area (Å²) in [6.45, 7) is 6.08. The molecule has 0 aliphatic carbocycles. The Hall–Kier alpha value is -4.97. The Morgan fingerprint density at radius 3 is 2.46 bits per heavy atom. The number of nitrogens with zero attached hydrogens (tertiary/aromatic N) is 6. The largest absolute Gasteiger partial charge is 0.478 e. The van der Waals surface area contributed by atoms with Gasteiger partial charge in [0.05, 0.1) is 37.6 Å². The topological polar surface area (TPSA) is 110 Å². The zero-order valence-electron chi connectivity index (χ0n) is 27.2. The highest BCUT2D eigenvalue weighted by molar-refractivity contribution is 6.04. The lowest BCUT2D eigenvalue weighted by Gasteiger charge is -2.33. The molecule has 1 aliphatic rings. The number of nitrogens with one attached hydrogen (secondary N) is 2. The molecule has 2 N–H and O–H groups in total. The molecule has 4 aromatic rings. The first kappa shape index (κ1) is 34.4. The van der Waals surface area contributed by atoms with Crippen LogP contribution in [-0.4, -0.2) is 89.5 Å². The Labute approximate surface area is 277 Å². The van der Waals surface area contributed by atoms with Crippen LogP contribution in [-0.2, 0) is 24.0 Å². The average Bonchev–Trinajstić information content (AvgIpc) is 3.46. The molecule has 0 spiro atoms. The number of amides is 1. The summed E-state index contributed by atoms with van der Waals surface area (Å²) in [4.78, 5) is 25.9. The number of halogens is 3. The smallest absolute Gasteiger partial charge is 0.416 e. The predicted molar refractivity (Wildman–Crippen MR) is 175 cm³/mol. The molecule has 0 saturated carbocycles. The molecule has 1 amide bonds. The van der Waals surface area contributed by atoms with Crippen molar-refractivity contribution in [2.45, 2.75) is 26.2 Å². The monoisotopic (exact) mass is 662 g/mol. The molecule has 11 nitrogen and oxygen atoms in total. The Kier molecular flexibility index (Phi) is 10.9. The van der Waals surface area contributed by atoms with Crippen molar-refractivity contribution in [2.75, 3.05) is 64.7 Å². The van der Waals surface area contributed by atoms with Crippen LogP contribution in [0.2, 0.25) is 0 Å². The number of ether oxygens (including phenoxy) is 2. The van der Waals surface area contributed by atoms with Gasteiger partial charge in [0.25, 0.3) is 11.8 Å². The van der Waals surface area contributed by atoms with Crippen molar-refractivity contribution in [3.05, 3.63) is 88.4 Å². The van der Waals surface area contributed by atoms with Gasteiger partial charge in [0, 0.05) is 69.0 Å². The number of alkyl halides is 3. The lowest BCUT2D eigenvalue weighted by Crippen LogP contribution is -2.44. The Bertz CT molecular complexity index is 1790. The van der Waals surface area contributed by atoms with Gasteiger partial charge in [-0.25, -0.2) is 9.97 Å². The van der Waals surface area contributed by atoms with Gasteiger partial charge in [-0.1, -0.05) is 24.0 Å². The van der Waals surface area contributed by atoms with Crippen molar-refractivity contribution >= 4 is 23.2 Å². The van der Waals surface area contributed by atoms with Crippen molar-refractivity contribution in [1.82, 2.24) is 29.5 Å². The van der Waals surface area contributed by atoms with Gasteiger partial charge in [0.15, 0.2) is 0 Å². The quantitative estimate of drug-likeness (QED) is 0.232. The molecule has 2 aromatic carbocycles. The standard InChI is InChI=1S/C34H37F3N8O3/c1-23-5-7-26(31(46)40-28-10-9-27(29(18-28)34(35,36)37)21-44-13-11-43(2)12-14-44)17-25(23)8-6-24-19-38-33(39-20-24)41-30-22-45(15-16-47-3)42-32(30)48-4/h5,7,9-10,17-20,22H,11-16,21H2,1-4H3,(H,40,46)(H,38,39,41). The van der Waals surface area contributed by atoms with Gasteiger partial charge < -0.3 is 25.0 Å². The van der Waals surface area contributed by atoms with E-state index in [9.17, 15) is 18.0 Å². The van der Waals surface area contributed by atoms with Crippen LogP contribution in [0.5, 0.6) is 5.88 Å². The number of aryl methyl sites for hydroxylation is 1. The maximum atomic E-state index is 14.0. The highest BCUT2D eigenvalue weighted by Crippen LogP contribution is 2.35. The fourth-order valence-corrected chi connectivity index (χ4v) is 5.06. The van der Waals surface area contributed by atoms with Gasteiger partial charge in [0.2, 0.25) is 5.95 Å². The molecule has 0 bridgehead atoms. The third-order valence-corrected chi connectivity index (χ3v) is 7.85. The predicted octanol–water partition coefficient (Wildman–Crippen LogP) is 4.80. The van der Waals surface area contributed by atoms with E-state index in [1.54, 1.807) is 48.6 Å². The summed E-state index contributed by atoms with van der Waals surface area (Å²) in [5.41, 5.74) is 2.28. The van der Waals surface area contributed by atoms with Gasteiger partial charge in [-0.2, -0.15) is 13.2 Å². The van der Waals surface area contributed by atoms with Crippen LogP contribution >= 0.6 is 0 Å². The lowest BCUT2D eigenvalue weighted by atomic mass is 10.0. The van der Waals surface area contributed by atoms with E-state index in [0.717, 1.165) is 24.7 Å². The van der Waals surface area contributed by atoms with Crippen molar-refractivity contribution in [3.8, 4) is 17.7 Å². The van der Waals surface area contributed by atoms with Crippen LogP contribution in [0.1, 0.15) is 38.2 Å². The van der Waals surface area contributed by atoms with Crippen LogP contribution < -0.4 is 15.4 Å². The maximum absolute atomic E-state index is 14.0. The fourth-order valence-electron chi connectivity index (χ4n) is 5.06. The van der Waals surface area contributed by atoms with Crippen LogP contribution in [0.15, 0.2) is 55.0 Å². The average molecular weight is 663 g/mol. The van der Waals surface area contributed by atoms with E-state index in [2.05, 4.69) is 42.4 Å². The Morgan fingerprint density at radius 2 is 1.77 bits per heavy atom. The highest BCUT2D eigenvalue weighted by atomic mass is 19.4. The zero-order valence-corrected chi connectivity index (χ0v) is 27.2. The van der Waals surface area contributed by atoms with E-state index < -0.39 is 17.6 Å². The molecule has 14 heteroatoms. The molecular formula is C34H37F3N8O3. The fraction of sp³-hybridized carbons (Fsp3) is 0.353. The van der Waals surface area contributed by atoms with Crippen molar-refractivity contribution in [1.29, 1.82) is 0 Å². The molecule has 48 heavy (non-hydrogen) atoms. The number of carbonyl (C=O) groups excluding carboxylic acids is 1. The van der Waals surface area contributed by atoms with E-state index in [4.69, 9.17) is 9.47 Å². The number of piperazine rings is 1. The van der Waals surface area contributed by atoms with E-state index >= 15 is 0 Å². The summed E-state index contributed by atoms with van der Waals surface area (Å²) in [5.74, 6) is 6.21. The Balaban J connectivity index is 1.26. The first-order valence-corrected chi connectivity index (χ1v) is 15.3. The van der Waals surface area contributed by atoms with E-state index in [1.165, 1.54) is 19.2 Å². The number of carbonyl (C=O) groups is 1. The molecule has 1 saturated heterocycles. The highest BCUT2D eigenvalue weighted by Gasteiger charge is 2.34. The van der Waals surface area contributed by atoms with Crippen molar-refractivity contribution < 1.29 is 27.4 Å². The van der Waals surface area contributed by atoms with Gasteiger partial charge in [-0.3, -0.25) is 14.4 Å². The van der Waals surface area contributed by atoms with Crippen LogP contribution in [0.25, 0.3) is 0 Å². The first-order chi connectivity index (χ1) is 23.0. The number of rotatable bonds is 10. The number of aromatic nitrogens is 4. The normalized spacial score (nSPS) is 13.9. The Morgan fingerprint density at radius 1 is 1.02 bits per heavy atom. The van der Waals surface area contributed by atoms with Gasteiger partial charge >= 0.3 is 6.18 Å². The number of likely N-dealkylation sites (N-methyl/N-ethyl adjacent to an activating group) is 1. The number of methoxy groups -OCH3 is 2. The minimum absolute atomic E-state index is 0.0634. The van der Waals surface area contributed by atoms with Gasteiger partial charge in [-0.15, -0.1) is 5.10 Å². The second-order valence-corrected chi connectivity index (χ2v) is 11.4. The number of hydrogen-bond acceptors (Lipinski definition) is 9. The first-order valence-electron chi connectivity index (χ1n) is 15.3. The summed E-state index contributed by atoms with van der Waals surface area (Å²) in [6.07, 6.45) is 0.317. The molecule has 0 unspecified atom stereocenters. The molecule has 3 heterocycles. The summed E-state index contributed by atoms with van der Waals surface area (Å²) < 4.78 is 54.2. The van der Waals surface area contributed by atoms with Crippen molar-refractivity contribution in [2.24, 2.45) is 0 Å². The lowest BCUT2D eigenvalue weighted by molar-refractivity contribution is -0.138. The molecule has 0 radical (unpaired) electrons. The van der Waals surface area contributed by atoms with Crippen molar-refractivity contribution in [3.63, 3.8) is 0 Å². The van der Waals surface area contributed by atoms with E-state index in [-0.39, 0.29) is 23.4 Å². The summed E-state index contributed by atoms with van der Waals surface area (Å²) in [7, 11) is 5.13. The third kappa shape index (κ3) is 8.88. The van der Waals surface area contributed by atoms with E-state index in [1.807, 2.05) is 18.9 Å². The van der Waals surface area contributed by atoms with Gasteiger partial charge in [0.1, 0.15) is 5.69 Å². The number of anilines is 3. The molecular weight excluding hydrogens is 625 g/mol. The second-order valence-electron chi connectivity index (χ2n) is 11.4. The SMILES string of the molecule is COCCn1cc(Nc2ncc(C#Cc3cc(C(=O)Nc4ccc(CN5CCN(C)CC5)c(C(F)(F)F)c4)ccc3C)cn2)c(OC)n1. The van der Waals surface area contributed by atoms with Crippen LogP contribution in [0, 0.1) is 18.8 Å². The molecule has 5 rings (SSSR count). The molecule has 1 fully saturated rings. The summed E-state index contributed by atoms with van der Waals surface area (Å²) in [5, 5.41) is 10.0. The maximum Gasteiger partial charge on any atom is 0.416 e. The minimum Gasteiger partial charge on any atom is -0.478 e. The van der Waals surface area contributed by atoms with Crippen LogP contribution in [0.3, 0.4) is 0 Å². The third-order valence-electron chi connectivity index (χ3n) is 7.85. The molecule has 0 atom stereocenters. The van der Waals surface area contributed by atoms with Gasteiger partial charge in [-0.05, 0) is 49.4 Å². The zero-order chi connectivity index (χ0) is 34.3. The van der Waals surface area contributed by atoms with Crippen LogP contribution in [0.4, 0.5) is 30.5 Å². The molecule has 252 valence electrons. The summed E-state index contributed by atoms with van der Waals surface area (Å²) >= 11 is 0. The minimum atomic E-state index is -4.56. The molecule has 2 aromatic heterocycles. The van der Waals surface area contributed by atoms with E-state index in [0.29, 0.717) is 54.9 Å². The second kappa shape index (κ2) is 15.3. The summed E-state index contributed by atoms with van der Waals surface area (Å²) in [6, 6.07) is 8.91.